The molecule has 1 aliphatic heterocycles. The van der Waals surface area contributed by atoms with E-state index in [1.54, 1.807) is 0 Å². The molecule has 5 heteroatoms. The Labute approximate surface area is 102 Å². The molecular weight excluding hydrogens is 222 g/mol. The maximum absolute atomic E-state index is 11.2. The monoisotopic (exact) mass is 245 g/mol. The number of aliphatic hydroxyl groups excluding tert-OH is 2. The van der Waals surface area contributed by atoms with E-state index in [4.69, 9.17) is 0 Å². The summed E-state index contributed by atoms with van der Waals surface area (Å²) in [5, 5.41) is 28.0. The average Bonchev–Trinajstić information content (AvgIpc) is 2.27. The molecule has 5 nitrogen and oxygen atoms in total. The highest BCUT2D eigenvalue weighted by Gasteiger charge is 2.45. The number of hydrogen-bond acceptors (Lipinski definition) is 3. The van der Waals surface area contributed by atoms with Gasteiger partial charge in [-0.25, -0.2) is 4.79 Å². The molecule has 0 aliphatic carbocycles. The molecule has 1 saturated heterocycles. The summed E-state index contributed by atoms with van der Waals surface area (Å²) in [4.78, 5) is 12.6. The van der Waals surface area contributed by atoms with Crippen LogP contribution in [0.1, 0.15) is 33.6 Å². The second kappa shape index (κ2) is 4.82. The third-order valence-corrected chi connectivity index (χ3v) is 3.80. The van der Waals surface area contributed by atoms with Crippen molar-refractivity contribution in [2.24, 2.45) is 10.8 Å². The van der Waals surface area contributed by atoms with Crippen molar-refractivity contribution in [3.8, 4) is 0 Å². The van der Waals surface area contributed by atoms with Crippen molar-refractivity contribution in [2.75, 3.05) is 19.8 Å². The van der Waals surface area contributed by atoms with Crippen molar-refractivity contribution in [3.05, 3.63) is 0 Å². The first-order valence-electron chi connectivity index (χ1n) is 5.97. The summed E-state index contributed by atoms with van der Waals surface area (Å²) in [6.07, 6.45) is 0.101. The summed E-state index contributed by atoms with van der Waals surface area (Å²) < 4.78 is 0. The molecule has 100 valence electrons. The van der Waals surface area contributed by atoms with E-state index in [-0.39, 0.29) is 24.7 Å². The van der Waals surface area contributed by atoms with Crippen molar-refractivity contribution >= 4 is 6.09 Å². The second-order valence-corrected chi connectivity index (χ2v) is 6.13. The fraction of sp³-hybridized carbons (Fsp3) is 0.917. The second-order valence-electron chi connectivity index (χ2n) is 6.13. The zero-order chi connectivity index (χ0) is 13.3. The standard InChI is InChI=1S/C12H23NO4/c1-11(2,3)9-6-12(7-14,8-15)4-5-13(9)10(16)17/h9,14-15H,4-8H2,1-3H3,(H,16,17). The fourth-order valence-electron chi connectivity index (χ4n) is 2.48. The van der Waals surface area contributed by atoms with E-state index in [0.717, 1.165) is 0 Å². The van der Waals surface area contributed by atoms with Gasteiger partial charge in [0.15, 0.2) is 0 Å². The van der Waals surface area contributed by atoms with Gasteiger partial charge >= 0.3 is 6.09 Å². The summed E-state index contributed by atoms with van der Waals surface area (Å²) in [6, 6.07) is -0.173. The molecule has 1 amide bonds. The van der Waals surface area contributed by atoms with E-state index in [0.29, 0.717) is 19.4 Å². The van der Waals surface area contributed by atoms with Gasteiger partial charge in [0.1, 0.15) is 0 Å². The third kappa shape index (κ3) is 2.90. The summed E-state index contributed by atoms with van der Waals surface area (Å²) >= 11 is 0. The van der Waals surface area contributed by atoms with E-state index >= 15 is 0 Å². The summed E-state index contributed by atoms with van der Waals surface area (Å²) in [7, 11) is 0. The topological polar surface area (TPSA) is 81.0 Å². The van der Waals surface area contributed by atoms with E-state index < -0.39 is 11.5 Å². The Hall–Kier alpha value is -0.810. The van der Waals surface area contributed by atoms with E-state index in [9.17, 15) is 20.1 Å². The molecule has 17 heavy (non-hydrogen) atoms. The van der Waals surface area contributed by atoms with Crippen molar-refractivity contribution in [1.82, 2.24) is 4.90 Å². The highest BCUT2D eigenvalue weighted by molar-refractivity contribution is 5.65. The Balaban J connectivity index is 2.95. The molecule has 1 fully saturated rings. The SMILES string of the molecule is CC(C)(C)C1CC(CO)(CO)CCN1C(=O)O. The Kier molecular flexibility index (Phi) is 4.04. The van der Waals surface area contributed by atoms with Crippen molar-refractivity contribution in [3.63, 3.8) is 0 Å². The summed E-state index contributed by atoms with van der Waals surface area (Å²) in [5.41, 5.74) is -0.738. The van der Waals surface area contributed by atoms with Crippen LogP contribution in [0.15, 0.2) is 0 Å². The van der Waals surface area contributed by atoms with Crippen molar-refractivity contribution in [2.45, 2.75) is 39.7 Å². The van der Waals surface area contributed by atoms with Gasteiger partial charge in [-0.2, -0.15) is 0 Å². The number of hydrogen-bond donors (Lipinski definition) is 3. The number of carbonyl (C=O) groups is 1. The molecule has 3 N–H and O–H groups in total. The lowest BCUT2D eigenvalue weighted by Crippen LogP contribution is -2.56. The Morgan fingerprint density at radius 2 is 1.88 bits per heavy atom. The number of rotatable bonds is 2. The molecule has 1 aliphatic rings. The zero-order valence-corrected chi connectivity index (χ0v) is 10.8. The maximum atomic E-state index is 11.2. The minimum atomic E-state index is -0.922. The van der Waals surface area contributed by atoms with E-state index in [1.807, 2.05) is 20.8 Å². The van der Waals surface area contributed by atoms with Crippen LogP contribution in [-0.4, -0.2) is 52.1 Å². The predicted octanol–water partition coefficient (Wildman–Crippen LogP) is 1.15. The van der Waals surface area contributed by atoms with Gasteiger partial charge < -0.3 is 20.2 Å². The van der Waals surface area contributed by atoms with Crippen LogP contribution in [0.2, 0.25) is 0 Å². The molecule has 1 rings (SSSR count). The molecule has 0 aromatic rings. The van der Waals surface area contributed by atoms with E-state index in [2.05, 4.69) is 0 Å². The first-order valence-corrected chi connectivity index (χ1v) is 5.97. The molecule has 0 aromatic heterocycles. The van der Waals surface area contributed by atoms with Gasteiger partial charge in [-0.3, -0.25) is 0 Å². The molecule has 1 unspecified atom stereocenters. The van der Waals surface area contributed by atoms with Crippen LogP contribution < -0.4 is 0 Å². The predicted molar refractivity (Wildman–Crippen MR) is 63.8 cm³/mol. The van der Waals surface area contributed by atoms with Gasteiger partial charge in [-0.1, -0.05) is 20.8 Å². The molecule has 1 heterocycles. The molecule has 1 atom stereocenters. The Morgan fingerprint density at radius 1 is 1.35 bits per heavy atom. The molecular formula is C12H23NO4. The van der Waals surface area contributed by atoms with Gasteiger partial charge in [0.05, 0.1) is 13.2 Å². The molecule has 0 saturated carbocycles. The number of amides is 1. The first-order chi connectivity index (χ1) is 7.75. The average molecular weight is 245 g/mol. The minimum Gasteiger partial charge on any atom is -0.465 e. The summed E-state index contributed by atoms with van der Waals surface area (Å²) in [5.74, 6) is 0. The van der Waals surface area contributed by atoms with Crippen LogP contribution in [0.3, 0.4) is 0 Å². The lowest BCUT2D eigenvalue weighted by molar-refractivity contribution is -0.0473. The van der Waals surface area contributed by atoms with Gasteiger partial charge in [0.25, 0.3) is 0 Å². The maximum Gasteiger partial charge on any atom is 0.407 e. The number of carboxylic acid groups (broad SMARTS) is 1. The minimum absolute atomic E-state index is 0.0937. The van der Waals surface area contributed by atoms with Gasteiger partial charge in [-0.15, -0.1) is 0 Å². The van der Waals surface area contributed by atoms with E-state index in [1.165, 1.54) is 4.90 Å². The highest BCUT2D eigenvalue weighted by Crippen LogP contribution is 2.40. The number of nitrogens with zero attached hydrogens (tertiary/aromatic N) is 1. The van der Waals surface area contributed by atoms with Crippen molar-refractivity contribution in [1.29, 1.82) is 0 Å². The summed E-state index contributed by atoms with van der Waals surface area (Å²) in [6.45, 7) is 6.14. The lowest BCUT2D eigenvalue weighted by Gasteiger charge is -2.49. The largest absolute Gasteiger partial charge is 0.465 e. The lowest BCUT2D eigenvalue weighted by atomic mass is 9.69. The van der Waals surface area contributed by atoms with Crippen LogP contribution >= 0.6 is 0 Å². The molecule has 0 aromatic carbocycles. The number of likely N-dealkylation sites (tertiary alicyclic amines) is 1. The Morgan fingerprint density at radius 3 is 2.24 bits per heavy atom. The number of piperidine rings is 1. The van der Waals surface area contributed by atoms with Crippen molar-refractivity contribution < 1.29 is 20.1 Å². The van der Waals surface area contributed by atoms with Gasteiger partial charge in [0.2, 0.25) is 0 Å². The smallest absolute Gasteiger partial charge is 0.407 e. The highest BCUT2D eigenvalue weighted by atomic mass is 16.4. The third-order valence-electron chi connectivity index (χ3n) is 3.80. The molecule has 0 radical (unpaired) electrons. The van der Waals surface area contributed by atoms with Crippen LogP contribution in [0, 0.1) is 10.8 Å². The number of aliphatic hydroxyl groups is 2. The van der Waals surface area contributed by atoms with Gasteiger partial charge in [0, 0.05) is 18.0 Å². The van der Waals surface area contributed by atoms with Crippen LogP contribution in [0.5, 0.6) is 0 Å². The van der Waals surface area contributed by atoms with Crippen LogP contribution in [0.4, 0.5) is 4.79 Å². The fourth-order valence-corrected chi connectivity index (χ4v) is 2.48. The quantitative estimate of drug-likeness (QED) is 0.681. The Bertz CT molecular complexity index is 281. The van der Waals surface area contributed by atoms with Gasteiger partial charge in [-0.05, 0) is 18.3 Å². The van der Waals surface area contributed by atoms with Crippen LogP contribution in [0.25, 0.3) is 0 Å². The first kappa shape index (κ1) is 14.3. The normalized spacial score (nSPS) is 24.8. The molecule has 0 bridgehead atoms. The van der Waals surface area contributed by atoms with Crippen LogP contribution in [-0.2, 0) is 0 Å². The zero-order valence-electron chi connectivity index (χ0n) is 10.8. The molecule has 0 spiro atoms.